The Morgan fingerprint density at radius 2 is 2.17 bits per heavy atom. The van der Waals surface area contributed by atoms with Crippen molar-refractivity contribution < 1.29 is 13.2 Å². The topological polar surface area (TPSA) is 70.7 Å². The largest absolute Gasteiger partial charge is 0.377 e. The third-order valence-corrected chi connectivity index (χ3v) is 4.61. The van der Waals surface area contributed by atoms with Crippen molar-refractivity contribution >= 4 is 10.2 Å². The van der Waals surface area contributed by atoms with Gasteiger partial charge in [0.25, 0.3) is 10.2 Å². The van der Waals surface area contributed by atoms with E-state index in [1.807, 2.05) is 7.05 Å². The Morgan fingerprint density at radius 3 is 2.78 bits per heavy atom. The van der Waals surface area contributed by atoms with Crippen molar-refractivity contribution in [1.29, 1.82) is 0 Å². The molecule has 0 spiro atoms. The maximum Gasteiger partial charge on any atom is 0.279 e. The van der Waals surface area contributed by atoms with E-state index in [2.05, 4.69) is 10.0 Å². The van der Waals surface area contributed by atoms with Crippen LogP contribution in [-0.2, 0) is 14.9 Å². The highest BCUT2D eigenvalue weighted by atomic mass is 32.2. The molecule has 1 aliphatic rings. The molecule has 2 N–H and O–H groups in total. The number of nitrogens with one attached hydrogen (secondary N) is 2. The lowest BCUT2D eigenvalue weighted by Crippen LogP contribution is -2.43. The summed E-state index contributed by atoms with van der Waals surface area (Å²) in [6, 6.07) is 0. The van der Waals surface area contributed by atoms with Gasteiger partial charge in [0.1, 0.15) is 0 Å². The lowest BCUT2D eigenvalue weighted by molar-refractivity contribution is 0.0198. The minimum Gasteiger partial charge on any atom is -0.377 e. The van der Waals surface area contributed by atoms with Crippen LogP contribution in [-0.4, -0.2) is 59.2 Å². The average Bonchev–Trinajstić information content (AvgIpc) is 2.38. The molecule has 108 valence electrons. The first-order valence-corrected chi connectivity index (χ1v) is 7.97. The maximum atomic E-state index is 11.9. The summed E-state index contributed by atoms with van der Waals surface area (Å²) in [6.45, 7) is 2.44. The SMILES string of the molecule is CNCCCN(C)S(=O)(=O)NCC1CCCCO1. The Labute approximate surface area is 110 Å². The second-order valence-electron chi connectivity index (χ2n) is 4.62. The van der Waals surface area contributed by atoms with Gasteiger partial charge in [0.15, 0.2) is 0 Å². The fraction of sp³-hybridized carbons (Fsp3) is 1.00. The van der Waals surface area contributed by atoms with Gasteiger partial charge in [0.2, 0.25) is 0 Å². The van der Waals surface area contributed by atoms with E-state index in [4.69, 9.17) is 4.74 Å². The molecule has 1 atom stereocenters. The quantitative estimate of drug-likeness (QED) is 0.610. The molecule has 1 heterocycles. The minimum atomic E-state index is -3.36. The van der Waals surface area contributed by atoms with E-state index in [0.29, 0.717) is 13.1 Å². The highest BCUT2D eigenvalue weighted by Crippen LogP contribution is 2.12. The molecule has 0 aromatic carbocycles. The van der Waals surface area contributed by atoms with Crippen LogP contribution in [0.25, 0.3) is 0 Å². The molecule has 0 saturated carbocycles. The van der Waals surface area contributed by atoms with Crippen LogP contribution < -0.4 is 10.0 Å². The summed E-state index contributed by atoms with van der Waals surface area (Å²) in [5.41, 5.74) is 0. The van der Waals surface area contributed by atoms with Gasteiger partial charge in [-0.1, -0.05) is 0 Å². The molecule has 1 rings (SSSR count). The van der Waals surface area contributed by atoms with E-state index in [1.165, 1.54) is 4.31 Å². The van der Waals surface area contributed by atoms with Crippen molar-refractivity contribution in [2.24, 2.45) is 0 Å². The van der Waals surface area contributed by atoms with E-state index >= 15 is 0 Å². The molecular formula is C11H25N3O3S. The fourth-order valence-electron chi connectivity index (χ4n) is 1.88. The molecule has 0 aromatic rings. The van der Waals surface area contributed by atoms with Gasteiger partial charge in [-0.2, -0.15) is 17.4 Å². The first-order chi connectivity index (χ1) is 8.56. The number of hydrogen-bond donors (Lipinski definition) is 2. The Bertz CT molecular complexity index is 315. The monoisotopic (exact) mass is 279 g/mol. The van der Waals surface area contributed by atoms with Gasteiger partial charge in [-0.05, 0) is 39.3 Å². The minimum absolute atomic E-state index is 0.0271. The highest BCUT2D eigenvalue weighted by Gasteiger charge is 2.20. The van der Waals surface area contributed by atoms with Gasteiger partial charge < -0.3 is 10.1 Å². The zero-order valence-electron chi connectivity index (χ0n) is 11.3. The normalized spacial score (nSPS) is 21.4. The summed E-state index contributed by atoms with van der Waals surface area (Å²) < 4.78 is 33.3. The van der Waals surface area contributed by atoms with E-state index in [1.54, 1.807) is 7.05 Å². The van der Waals surface area contributed by atoms with Crippen LogP contribution in [0.1, 0.15) is 25.7 Å². The Kier molecular flexibility index (Phi) is 7.10. The summed E-state index contributed by atoms with van der Waals surface area (Å²) in [7, 11) is 0.0867. The third-order valence-electron chi connectivity index (χ3n) is 3.08. The number of hydrogen-bond acceptors (Lipinski definition) is 4. The summed E-state index contributed by atoms with van der Waals surface area (Å²) in [5, 5.41) is 3.00. The van der Waals surface area contributed by atoms with E-state index in [0.717, 1.165) is 38.8 Å². The van der Waals surface area contributed by atoms with Crippen LogP contribution in [0.5, 0.6) is 0 Å². The Hall–Kier alpha value is -0.210. The Balaban J connectivity index is 2.28. The van der Waals surface area contributed by atoms with E-state index < -0.39 is 10.2 Å². The third kappa shape index (κ3) is 5.62. The lowest BCUT2D eigenvalue weighted by Gasteiger charge is -2.24. The zero-order valence-corrected chi connectivity index (χ0v) is 12.1. The molecule has 0 bridgehead atoms. The van der Waals surface area contributed by atoms with Crippen molar-refractivity contribution in [3.8, 4) is 0 Å². The molecule has 1 unspecified atom stereocenters. The molecule has 1 aliphatic heterocycles. The van der Waals surface area contributed by atoms with E-state index in [9.17, 15) is 8.42 Å². The molecule has 0 amide bonds. The van der Waals surface area contributed by atoms with E-state index in [-0.39, 0.29) is 6.10 Å². The lowest BCUT2D eigenvalue weighted by atomic mass is 10.1. The van der Waals surface area contributed by atoms with Gasteiger partial charge >= 0.3 is 0 Å². The van der Waals surface area contributed by atoms with Crippen LogP contribution >= 0.6 is 0 Å². The highest BCUT2D eigenvalue weighted by molar-refractivity contribution is 7.87. The van der Waals surface area contributed by atoms with Gasteiger partial charge in [0.05, 0.1) is 6.10 Å². The van der Waals surface area contributed by atoms with Crippen LogP contribution in [0.15, 0.2) is 0 Å². The van der Waals surface area contributed by atoms with Gasteiger partial charge in [0, 0.05) is 26.7 Å². The molecule has 1 fully saturated rings. The van der Waals surface area contributed by atoms with Gasteiger partial charge in [-0.15, -0.1) is 0 Å². The van der Waals surface area contributed by atoms with Gasteiger partial charge in [-0.3, -0.25) is 0 Å². The van der Waals surface area contributed by atoms with Crippen molar-refractivity contribution in [3.05, 3.63) is 0 Å². The van der Waals surface area contributed by atoms with Crippen LogP contribution in [0, 0.1) is 0 Å². The number of ether oxygens (including phenoxy) is 1. The van der Waals surface area contributed by atoms with Crippen molar-refractivity contribution in [2.45, 2.75) is 31.8 Å². The smallest absolute Gasteiger partial charge is 0.279 e. The summed E-state index contributed by atoms with van der Waals surface area (Å²) in [5.74, 6) is 0. The standard InChI is InChI=1S/C11H25N3O3S/c1-12-7-5-8-14(2)18(15,16)13-10-11-6-3-4-9-17-11/h11-13H,3-10H2,1-2H3. The van der Waals surface area contributed by atoms with Crippen LogP contribution in [0.3, 0.4) is 0 Å². The summed E-state index contributed by atoms with van der Waals surface area (Å²) in [4.78, 5) is 0. The predicted octanol–water partition coefficient (Wildman–Crippen LogP) is -0.0688. The molecule has 1 saturated heterocycles. The van der Waals surface area contributed by atoms with Crippen molar-refractivity contribution in [1.82, 2.24) is 14.3 Å². The molecule has 0 aromatic heterocycles. The molecule has 18 heavy (non-hydrogen) atoms. The maximum absolute atomic E-state index is 11.9. The summed E-state index contributed by atoms with van der Waals surface area (Å²) >= 11 is 0. The Morgan fingerprint density at radius 1 is 1.39 bits per heavy atom. The number of nitrogens with zero attached hydrogens (tertiary/aromatic N) is 1. The van der Waals surface area contributed by atoms with Crippen molar-refractivity contribution in [3.63, 3.8) is 0 Å². The molecule has 6 nitrogen and oxygen atoms in total. The molecule has 0 aliphatic carbocycles. The first kappa shape index (κ1) is 15.8. The summed E-state index contributed by atoms with van der Waals surface area (Å²) in [6.07, 6.45) is 3.96. The zero-order chi connectivity index (χ0) is 13.4. The second kappa shape index (κ2) is 8.06. The average molecular weight is 279 g/mol. The molecular weight excluding hydrogens is 254 g/mol. The van der Waals surface area contributed by atoms with Crippen LogP contribution in [0.4, 0.5) is 0 Å². The predicted molar refractivity (Wildman–Crippen MR) is 71.7 cm³/mol. The first-order valence-electron chi connectivity index (χ1n) is 6.53. The second-order valence-corrected chi connectivity index (χ2v) is 6.48. The van der Waals surface area contributed by atoms with Gasteiger partial charge in [-0.25, -0.2) is 0 Å². The number of rotatable bonds is 8. The van der Waals surface area contributed by atoms with Crippen molar-refractivity contribution in [2.75, 3.05) is 40.3 Å². The fourth-order valence-corrected chi connectivity index (χ4v) is 2.86. The molecule has 0 radical (unpaired) electrons. The van der Waals surface area contributed by atoms with Crippen LogP contribution in [0.2, 0.25) is 0 Å². The molecule has 7 heteroatoms.